The summed E-state index contributed by atoms with van der Waals surface area (Å²) in [5.74, 6) is 0.0649. The molecule has 1 spiro atoms. The van der Waals surface area contributed by atoms with Gasteiger partial charge in [0.05, 0.1) is 16.7 Å². The smallest absolute Gasteiger partial charge is 0.151 e. The molecule has 0 radical (unpaired) electrons. The van der Waals surface area contributed by atoms with Crippen LogP contribution in [0.15, 0.2) is 30.3 Å². The zero-order valence-corrected chi connectivity index (χ0v) is 17.9. The highest BCUT2D eigenvalue weighted by molar-refractivity contribution is 7.89. The van der Waals surface area contributed by atoms with Gasteiger partial charge < -0.3 is 10.1 Å². The van der Waals surface area contributed by atoms with Crippen molar-refractivity contribution in [1.29, 1.82) is 0 Å². The van der Waals surface area contributed by atoms with E-state index in [0.29, 0.717) is 6.61 Å². The van der Waals surface area contributed by atoms with Gasteiger partial charge >= 0.3 is 0 Å². The van der Waals surface area contributed by atoms with Crippen LogP contribution in [-0.4, -0.2) is 27.3 Å². The van der Waals surface area contributed by atoms with Crippen molar-refractivity contribution in [2.45, 2.75) is 49.6 Å². The lowest BCUT2D eigenvalue weighted by atomic mass is 9.78. The molecule has 27 heavy (non-hydrogen) atoms. The molecular formula is C20H24ClNO3S2. The van der Waals surface area contributed by atoms with Crippen molar-refractivity contribution in [3.63, 3.8) is 0 Å². The van der Waals surface area contributed by atoms with E-state index in [9.17, 15) is 8.42 Å². The molecule has 0 bridgehead atoms. The minimum Gasteiger partial charge on any atom is -0.369 e. The Hall–Kier alpha value is -0.920. The van der Waals surface area contributed by atoms with Gasteiger partial charge in [-0.25, -0.2) is 8.42 Å². The molecule has 1 saturated heterocycles. The molecule has 1 aromatic heterocycles. The highest BCUT2D eigenvalue weighted by Crippen LogP contribution is 2.50. The molecule has 2 aliphatic heterocycles. The van der Waals surface area contributed by atoms with Crippen molar-refractivity contribution in [3.8, 4) is 0 Å². The van der Waals surface area contributed by atoms with Crippen molar-refractivity contribution in [3.05, 3.63) is 56.2 Å². The van der Waals surface area contributed by atoms with Gasteiger partial charge in [0.25, 0.3) is 0 Å². The molecule has 1 N–H and O–H groups in total. The molecule has 2 aromatic rings. The molecule has 3 heterocycles. The van der Waals surface area contributed by atoms with E-state index in [1.807, 2.05) is 18.2 Å². The summed E-state index contributed by atoms with van der Waals surface area (Å²) in [6, 6.07) is 10.4. The lowest BCUT2D eigenvalue weighted by molar-refractivity contribution is -0.0954. The second-order valence-electron chi connectivity index (χ2n) is 7.84. The fourth-order valence-corrected chi connectivity index (χ4v) is 6.73. The highest BCUT2D eigenvalue weighted by atomic mass is 35.5. The molecule has 4 nitrogen and oxygen atoms in total. The van der Waals surface area contributed by atoms with Crippen LogP contribution in [0, 0.1) is 0 Å². The molecule has 2 aliphatic rings. The van der Waals surface area contributed by atoms with Gasteiger partial charge in [-0.1, -0.05) is 35.9 Å². The maximum atomic E-state index is 11.7. The summed E-state index contributed by atoms with van der Waals surface area (Å²) in [7, 11) is -3.06. The number of rotatable bonds is 3. The van der Waals surface area contributed by atoms with E-state index >= 15 is 0 Å². The summed E-state index contributed by atoms with van der Waals surface area (Å²) in [6.45, 7) is 2.90. The van der Waals surface area contributed by atoms with E-state index in [1.165, 1.54) is 16.7 Å². The standard InChI is InChI=1S/C20H24ClNO3S2/c1-13-10-20(19-16(6-7-25-20)9-18(21)26-19)11-17(22-13)15-5-3-4-14(8-15)12-27(2,23)24/h3-5,8-9,13,17,22H,6-7,10-12H2,1-2H3/t13-,17-,20-/m0/s1. The number of nitrogens with one attached hydrogen (secondary N) is 1. The van der Waals surface area contributed by atoms with Gasteiger partial charge in [-0.3, -0.25) is 0 Å². The van der Waals surface area contributed by atoms with Crippen molar-refractivity contribution in [2.24, 2.45) is 0 Å². The summed E-state index contributed by atoms with van der Waals surface area (Å²) in [6.07, 6.45) is 3.92. The molecule has 4 rings (SSSR count). The second-order valence-corrected chi connectivity index (χ2v) is 11.7. The average Bonchev–Trinajstić information content (AvgIpc) is 2.95. The average molecular weight is 426 g/mol. The van der Waals surface area contributed by atoms with Crippen molar-refractivity contribution in [1.82, 2.24) is 5.32 Å². The van der Waals surface area contributed by atoms with Crippen molar-refractivity contribution < 1.29 is 13.2 Å². The molecule has 0 aliphatic carbocycles. The number of ether oxygens (including phenoxy) is 1. The van der Waals surface area contributed by atoms with Crippen LogP contribution in [0.4, 0.5) is 0 Å². The van der Waals surface area contributed by atoms with Crippen LogP contribution in [0.25, 0.3) is 0 Å². The molecule has 0 unspecified atom stereocenters. The van der Waals surface area contributed by atoms with Crippen molar-refractivity contribution in [2.75, 3.05) is 12.9 Å². The molecule has 0 saturated carbocycles. The zero-order valence-electron chi connectivity index (χ0n) is 15.5. The Morgan fingerprint density at radius 2 is 2.15 bits per heavy atom. The SMILES string of the molecule is C[C@H]1C[C@@]2(C[C@@H](c3cccc(CS(C)(=O)=O)c3)N1)OCCc1cc(Cl)sc12. The first-order valence-corrected chi connectivity index (χ1v) is 12.4. The van der Waals surface area contributed by atoms with E-state index in [0.717, 1.165) is 34.7 Å². The maximum Gasteiger partial charge on any atom is 0.151 e. The Kier molecular flexibility index (Phi) is 5.14. The Balaban J connectivity index is 1.67. The fourth-order valence-electron chi connectivity index (χ4n) is 4.48. The number of sulfone groups is 1. The highest BCUT2D eigenvalue weighted by Gasteiger charge is 2.46. The van der Waals surface area contributed by atoms with Crippen LogP contribution in [0.3, 0.4) is 0 Å². The number of hydrogen-bond donors (Lipinski definition) is 1. The quantitative estimate of drug-likeness (QED) is 0.799. The summed E-state index contributed by atoms with van der Waals surface area (Å²) in [5, 5.41) is 3.67. The first-order valence-electron chi connectivity index (χ1n) is 9.19. The van der Waals surface area contributed by atoms with Crippen LogP contribution >= 0.6 is 22.9 Å². The van der Waals surface area contributed by atoms with E-state index in [1.54, 1.807) is 11.3 Å². The molecular weight excluding hydrogens is 402 g/mol. The van der Waals surface area contributed by atoms with Gasteiger partial charge in [0.2, 0.25) is 0 Å². The van der Waals surface area contributed by atoms with Crippen LogP contribution in [0.1, 0.15) is 47.4 Å². The van der Waals surface area contributed by atoms with Gasteiger partial charge in [0.15, 0.2) is 9.84 Å². The minimum absolute atomic E-state index is 0.0649. The van der Waals surface area contributed by atoms with E-state index < -0.39 is 9.84 Å². The van der Waals surface area contributed by atoms with Gasteiger partial charge in [-0.05, 0) is 42.5 Å². The molecule has 1 aromatic carbocycles. The summed E-state index contributed by atoms with van der Waals surface area (Å²) >= 11 is 7.96. The fraction of sp³-hybridized carbons (Fsp3) is 0.500. The van der Waals surface area contributed by atoms with Gasteiger partial charge in [-0.15, -0.1) is 11.3 Å². The molecule has 146 valence electrons. The van der Waals surface area contributed by atoms with E-state index in [2.05, 4.69) is 24.4 Å². The molecule has 0 amide bonds. The summed E-state index contributed by atoms with van der Waals surface area (Å²) < 4.78 is 30.6. The lowest BCUT2D eigenvalue weighted by Gasteiger charge is -2.46. The minimum atomic E-state index is -3.06. The number of thiophene rings is 1. The Morgan fingerprint density at radius 3 is 2.93 bits per heavy atom. The Bertz CT molecular complexity index is 956. The second kappa shape index (κ2) is 7.16. The monoisotopic (exact) mass is 425 g/mol. The van der Waals surface area contributed by atoms with Crippen LogP contribution < -0.4 is 5.32 Å². The maximum absolute atomic E-state index is 11.7. The first kappa shape index (κ1) is 19.4. The Morgan fingerprint density at radius 1 is 1.33 bits per heavy atom. The summed E-state index contributed by atoms with van der Waals surface area (Å²) in [4.78, 5) is 1.27. The number of fused-ring (bicyclic) bond motifs is 2. The van der Waals surface area contributed by atoms with Crippen LogP contribution in [-0.2, 0) is 32.3 Å². The topological polar surface area (TPSA) is 55.4 Å². The third kappa shape index (κ3) is 4.10. The van der Waals surface area contributed by atoms with E-state index in [4.69, 9.17) is 16.3 Å². The predicted octanol–water partition coefficient (Wildman–Crippen LogP) is 4.23. The normalized spacial score (nSPS) is 28.3. The number of piperidine rings is 1. The Labute approximate surface area is 169 Å². The zero-order chi connectivity index (χ0) is 19.2. The molecule has 1 fully saturated rings. The van der Waals surface area contributed by atoms with Crippen LogP contribution in [0.5, 0.6) is 0 Å². The third-order valence-corrected chi connectivity index (χ3v) is 7.73. The largest absolute Gasteiger partial charge is 0.369 e. The van der Waals surface area contributed by atoms with Crippen molar-refractivity contribution >= 4 is 32.8 Å². The van der Waals surface area contributed by atoms with Gasteiger partial charge in [-0.2, -0.15) is 0 Å². The lowest BCUT2D eigenvalue weighted by Crippen LogP contribution is -2.49. The third-order valence-electron chi connectivity index (χ3n) is 5.38. The number of benzene rings is 1. The summed E-state index contributed by atoms with van der Waals surface area (Å²) in [5.41, 5.74) is 2.94. The number of halogens is 1. The number of hydrogen-bond acceptors (Lipinski definition) is 5. The predicted molar refractivity (Wildman–Crippen MR) is 110 cm³/mol. The van der Waals surface area contributed by atoms with Gasteiger partial charge in [0, 0.05) is 29.6 Å². The molecule has 3 atom stereocenters. The van der Waals surface area contributed by atoms with Gasteiger partial charge in [0.1, 0.15) is 5.60 Å². The van der Waals surface area contributed by atoms with Crippen LogP contribution in [0.2, 0.25) is 4.34 Å². The first-order chi connectivity index (χ1) is 12.7. The molecule has 7 heteroatoms. The van der Waals surface area contributed by atoms with E-state index in [-0.39, 0.29) is 23.4 Å².